The van der Waals surface area contributed by atoms with E-state index in [1.807, 2.05) is 0 Å². The van der Waals surface area contributed by atoms with E-state index < -0.39 is 18.1 Å². The first-order valence-electron chi connectivity index (χ1n) is 6.93. The minimum absolute atomic E-state index is 0.0121. The Balaban J connectivity index is 2.42. The largest absolute Gasteiger partial charge is 0.478 e. The van der Waals surface area contributed by atoms with Gasteiger partial charge in [-0.1, -0.05) is 29.8 Å². The number of carboxylic acid groups (broad SMARTS) is 1. The van der Waals surface area contributed by atoms with Crippen LogP contribution in [0.25, 0.3) is 6.08 Å². The van der Waals surface area contributed by atoms with Crippen LogP contribution < -0.4 is 0 Å². The third-order valence-electron chi connectivity index (χ3n) is 3.42. The third kappa shape index (κ3) is 5.12. The Kier molecular flexibility index (Phi) is 6.98. The number of rotatable bonds is 4. The molecular formula is C17H9Br3ClF3O2. The van der Waals surface area contributed by atoms with Crippen LogP contribution in [0.2, 0.25) is 5.02 Å². The number of benzene rings is 2. The Morgan fingerprint density at radius 1 is 1.08 bits per heavy atom. The predicted octanol–water partition coefficient (Wildman–Crippen LogP) is 7.69. The molecule has 0 heterocycles. The van der Waals surface area contributed by atoms with Gasteiger partial charge in [0.25, 0.3) is 0 Å². The minimum atomic E-state index is -4.51. The molecule has 0 saturated heterocycles. The topological polar surface area (TPSA) is 37.3 Å². The summed E-state index contributed by atoms with van der Waals surface area (Å²) < 4.78 is 41.5. The van der Waals surface area contributed by atoms with Crippen LogP contribution in [0.3, 0.4) is 0 Å². The zero-order chi connectivity index (χ0) is 19.6. The van der Waals surface area contributed by atoms with E-state index in [0.717, 1.165) is 6.08 Å². The molecule has 0 aliphatic heterocycles. The lowest BCUT2D eigenvalue weighted by atomic mass is 9.97. The second-order valence-corrected chi connectivity index (χ2v) is 8.16. The van der Waals surface area contributed by atoms with E-state index in [2.05, 4.69) is 47.8 Å². The van der Waals surface area contributed by atoms with Crippen LogP contribution in [-0.4, -0.2) is 17.3 Å². The van der Waals surface area contributed by atoms with Crippen molar-refractivity contribution in [2.75, 3.05) is 0 Å². The van der Waals surface area contributed by atoms with Crippen molar-refractivity contribution in [1.82, 2.24) is 0 Å². The van der Waals surface area contributed by atoms with E-state index in [9.17, 15) is 18.0 Å². The Morgan fingerprint density at radius 2 is 1.65 bits per heavy atom. The van der Waals surface area contributed by atoms with E-state index in [0.29, 0.717) is 14.5 Å². The first kappa shape index (κ1) is 21.5. The average molecular weight is 577 g/mol. The Labute approximate surface area is 177 Å². The van der Waals surface area contributed by atoms with Crippen LogP contribution >= 0.6 is 59.4 Å². The van der Waals surface area contributed by atoms with Gasteiger partial charge in [-0.3, -0.25) is 0 Å². The molecule has 1 N–H and O–H groups in total. The molecule has 2 rings (SSSR count). The van der Waals surface area contributed by atoms with E-state index >= 15 is 0 Å². The molecule has 1 unspecified atom stereocenters. The maximum absolute atomic E-state index is 13.5. The zero-order valence-corrected chi connectivity index (χ0v) is 18.1. The molecule has 0 spiro atoms. The Morgan fingerprint density at radius 3 is 2.12 bits per heavy atom. The normalized spacial score (nSPS) is 13.2. The molecular weight excluding hydrogens is 568 g/mol. The molecule has 0 aliphatic rings. The molecule has 0 bridgehead atoms. The van der Waals surface area contributed by atoms with Gasteiger partial charge in [0.2, 0.25) is 0 Å². The summed E-state index contributed by atoms with van der Waals surface area (Å²) in [5.41, 5.74) is 0.474. The smallest absolute Gasteiger partial charge is 0.399 e. The van der Waals surface area contributed by atoms with Crippen LogP contribution in [0.5, 0.6) is 0 Å². The summed E-state index contributed by atoms with van der Waals surface area (Å²) in [4.78, 5) is 11.0. The number of aromatic carboxylic acids is 1. The van der Waals surface area contributed by atoms with Gasteiger partial charge >= 0.3 is 12.1 Å². The molecule has 0 radical (unpaired) electrons. The van der Waals surface area contributed by atoms with Crippen molar-refractivity contribution in [2.45, 2.75) is 12.1 Å². The van der Waals surface area contributed by atoms with Gasteiger partial charge in [0, 0.05) is 13.4 Å². The van der Waals surface area contributed by atoms with Gasteiger partial charge in [-0.25, -0.2) is 4.79 Å². The molecule has 26 heavy (non-hydrogen) atoms. The third-order valence-corrected chi connectivity index (χ3v) is 6.19. The standard InChI is InChI=1S/C17H9Br3ClF3O2/c18-12-5-8(1-3-10(12)16(25)26)2-4-11(17(22,23)24)9-6-13(19)15(21)14(20)7-9/h1-7,11H,(H,25,26)/b4-2+. The van der Waals surface area contributed by atoms with E-state index in [1.165, 1.54) is 36.4 Å². The highest BCUT2D eigenvalue weighted by Gasteiger charge is 2.39. The van der Waals surface area contributed by atoms with Gasteiger partial charge in [0.15, 0.2) is 0 Å². The minimum Gasteiger partial charge on any atom is -0.478 e. The number of alkyl halides is 3. The van der Waals surface area contributed by atoms with Crippen molar-refractivity contribution in [3.8, 4) is 0 Å². The number of halogens is 7. The quantitative estimate of drug-likeness (QED) is 0.379. The van der Waals surface area contributed by atoms with Crippen LogP contribution in [0.4, 0.5) is 13.2 Å². The van der Waals surface area contributed by atoms with Gasteiger partial charge in [-0.05, 0) is 83.2 Å². The molecule has 9 heteroatoms. The SMILES string of the molecule is O=C(O)c1ccc(/C=C/C(c2cc(Br)c(Cl)c(Br)c2)C(F)(F)F)cc1Br. The first-order chi connectivity index (χ1) is 12.0. The zero-order valence-electron chi connectivity index (χ0n) is 12.6. The Hall–Kier alpha value is -0.830. The second kappa shape index (κ2) is 8.46. The summed E-state index contributed by atoms with van der Waals surface area (Å²) in [7, 11) is 0. The highest BCUT2D eigenvalue weighted by Crippen LogP contribution is 2.41. The molecule has 0 fully saturated rings. The van der Waals surface area contributed by atoms with Gasteiger partial charge in [0.1, 0.15) is 0 Å². The predicted molar refractivity (Wildman–Crippen MR) is 106 cm³/mol. The van der Waals surface area contributed by atoms with E-state index in [4.69, 9.17) is 16.7 Å². The fourth-order valence-electron chi connectivity index (χ4n) is 2.18. The Bertz CT molecular complexity index is 859. The first-order valence-corrected chi connectivity index (χ1v) is 9.68. The summed E-state index contributed by atoms with van der Waals surface area (Å²) in [5, 5.41) is 9.27. The lowest BCUT2D eigenvalue weighted by Crippen LogP contribution is -2.19. The van der Waals surface area contributed by atoms with Crippen LogP contribution in [0, 0.1) is 0 Å². The summed E-state index contributed by atoms with van der Waals surface area (Å²) in [6.07, 6.45) is -2.20. The van der Waals surface area contributed by atoms with Crippen LogP contribution in [0.15, 0.2) is 49.8 Å². The van der Waals surface area contributed by atoms with Crippen molar-refractivity contribution in [2.24, 2.45) is 0 Å². The maximum atomic E-state index is 13.5. The van der Waals surface area contributed by atoms with Crippen LogP contribution in [0.1, 0.15) is 27.4 Å². The van der Waals surface area contributed by atoms with Crippen molar-refractivity contribution < 1.29 is 23.1 Å². The highest BCUT2D eigenvalue weighted by molar-refractivity contribution is 9.11. The lowest BCUT2D eigenvalue weighted by Gasteiger charge is -2.18. The molecule has 2 nitrogen and oxygen atoms in total. The van der Waals surface area contributed by atoms with Gasteiger partial charge in [0.05, 0.1) is 16.5 Å². The summed E-state index contributed by atoms with van der Waals surface area (Å²) >= 11 is 15.3. The van der Waals surface area contributed by atoms with Crippen molar-refractivity contribution in [1.29, 1.82) is 0 Å². The number of allylic oxidation sites excluding steroid dienone is 1. The van der Waals surface area contributed by atoms with Gasteiger partial charge < -0.3 is 5.11 Å². The molecule has 2 aromatic rings. The number of hydrogen-bond donors (Lipinski definition) is 1. The average Bonchev–Trinajstić information content (AvgIpc) is 2.51. The van der Waals surface area contributed by atoms with Crippen LogP contribution in [-0.2, 0) is 0 Å². The molecule has 1 atom stereocenters. The maximum Gasteiger partial charge on any atom is 0.399 e. The number of carbonyl (C=O) groups is 1. The van der Waals surface area contributed by atoms with E-state index in [1.54, 1.807) is 0 Å². The lowest BCUT2D eigenvalue weighted by molar-refractivity contribution is -0.139. The molecule has 0 saturated carbocycles. The monoisotopic (exact) mass is 574 g/mol. The van der Waals surface area contributed by atoms with Gasteiger partial charge in [-0.2, -0.15) is 13.2 Å². The molecule has 0 aliphatic carbocycles. The molecule has 0 aromatic heterocycles. The number of hydrogen-bond acceptors (Lipinski definition) is 1. The summed E-state index contributed by atoms with van der Waals surface area (Å²) in [5.74, 6) is -2.98. The molecule has 0 amide bonds. The van der Waals surface area contributed by atoms with Gasteiger partial charge in [-0.15, -0.1) is 0 Å². The van der Waals surface area contributed by atoms with Crippen molar-refractivity contribution >= 4 is 71.4 Å². The molecule has 138 valence electrons. The number of carboxylic acids is 1. The van der Waals surface area contributed by atoms with Crippen molar-refractivity contribution in [3.05, 3.63) is 71.5 Å². The fourth-order valence-corrected chi connectivity index (χ4v) is 4.08. The second-order valence-electron chi connectivity index (χ2n) is 5.22. The van der Waals surface area contributed by atoms with Crippen molar-refractivity contribution in [3.63, 3.8) is 0 Å². The highest BCUT2D eigenvalue weighted by atomic mass is 79.9. The van der Waals surface area contributed by atoms with E-state index in [-0.39, 0.29) is 20.6 Å². The fraction of sp³-hybridized carbons (Fsp3) is 0.118. The molecule has 2 aromatic carbocycles. The summed E-state index contributed by atoms with van der Waals surface area (Å²) in [6.45, 7) is 0. The summed E-state index contributed by atoms with van der Waals surface area (Å²) in [6, 6.07) is 6.84.